The van der Waals surface area contributed by atoms with Crippen molar-refractivity contribution in [2.45, 2.75) is 121 Å². The Labute approximate surface area is 254 Å². The lowest BCUT2D eigenvalue weighted by atomic mass is 10.0. The molecule has 0 radical (unpaired) electrons. The maximum Gasteiger partial charge on any atom is 0.338 e. The van der Waals surface area contributed by atoms with Gasteiger partial charge in [0.05, 0.1) is 5.56 Å². The third kappa shape index (κ3) is 13.3. The fourth-order valence-electron chi connectivity index (χ4n) is 5.30. The molecule has 0 spiro atoms. The lowest BCUT2D eigenvalue weighted by Crippen LogP contribution is -2.18. The average molecular weight is 573 g/mol. The predicted molar refractivity (Wildman–Crippen MR) is 178 cm³/mol. The number of unbranched alkanes of at least 4 members (excludes halogenated alkanes) is 9. The van der Waals surface area contributed by atoms with E-state index in [-0.39, 0.29) is 12.1 Å². The molecular weight excluding hydrogens is 520 g/mol. The van der Waals surface area contributed by atoms with Crippen molar-refractivity contribution in [1.82, 2.24) is 0 Å². The van der Waals surface area contributed by atoms with Crippen LogP contribution in [0.2, 0.25) is 0 Å². The normalized spacial score (nSPS) is 11.9. The summed E-state index contributed by atoms with van der Waals surface area (Å²) in [5.74, 6) is 0.978. The smallest absolute Gasteiger partial charge is 0.338 e. The summed E-state index contributed by atoms with van der Waals surface area (Å²) in [4.78, 5) is 14.2. The van der Waals surface area contributed by atoms with E-state index in [1.807, 2.05) is 42.1 Å². The Bertz CT molecular complexity index is 1080. The van der Waals surface area contributed by atoms with Crippen molar-refractivity contribution in [1.29, 1.82) is 0 Å². The highest BCUT2D eigenvalue weighted by molar-refractivity contribution is 7.99. The third-order valence-electron chi connectivity index (χ3n) is 7.79. The summed E-state index contributed by atoms with van der Waals surface area (Å²) in [6.07, 6.45) is 18.7. The molecule has 3 heteroatoms. The Morgan fingerprint density at radius 1 is 0.634 bits per heavy atom. The maximum absolute atomic E-state index is 12.9. The minimum atomic E-state index is -0.214. The lowest BCUT2D eigenvalue weighted by molar-refractivity contribution is 0.0255. The lowest BCUT2D eigenvalue weighted by Gasteiger charge is -2.17. The highest BCUT2D eigenvalue weighted by Gasteiger charge is 2.15. The van der Waals surface area contributed by atoms with E-state index in [4.69, 9.17) is 4.74 Å². The third-order valence-corrected chi connectivity index (χ3v) is 8.89. The predicted octanol–water partition coefficient (Wildman–Crippen LogP) is 11.7. The zero-order chi connectivity index (χ0) is 29.0. The van der Waals surface area contributed by atoms with Crippen LogP contribution in [0.15, 0.2) is 83.8 Å². The molecule has 2 nitrogen and oxygen atoms in total. The summed E-state index contributed by atoms with van der Waals surface area (Å²) in [6, 6.07) is 27.2. The van der Waals surface area contributed by atoms with Gasteiger partial charge in [-0.25, -0.2) is 4.79 Å². The SMILES string of the molecule is CCCCCCCCCCCCSc1ccc(-c2ccc(C(=O)OC(CCC)CCCc3ccccc3)cc2)cc1. The molecule has 0 heterocycles. The summed E-state index contributed by atoms with van der Waals surface area (Å²) < 4.78 is 5.93. The number of ether oxygens (including phenoxy) is 1. The highest BCUT2D eigenvalue weighted by Crippen LogP contribution is 2.26. The van der Waals surface area contributed by atoms with Crippen molar-refractivity contribution < 1.29 is 9.53 Å². The van der Waals surface area contributed by atoms with E-state index in [9.17, 15) is 4.79 Å². The molecule has 0 aliphatic rings. The van der Waals surface area contributed by atoms with E-state index in [0.717, 1.165) is 37.7 Å². The van der Waals surface area contributed by atoms with Crippen LogP contribution in [0.5, 0.6) is 0 Å². The van der Waals surface area contributed by atoms with Gasteiger partial charge in [0.15, 0.2) is 0 Å². The molecule has 0 fully saturated rings. The standard InChI is InChI=1S/C38H52O2S/c1-3-5-6-7-8-9-10-11-12-16-31-41-37-29-27-34(28-30-37)33-23-25-35(26-24-33)38(39)40-36(18-4-2)22-17-21-32-19-14-13-15-20-32/h13-15,19-20,23-30,36H,3-12,16-18,21-22,31H2,1-2H3. The van der Waals surface area contributed by atoms with Gasteiger partial charge < -0.3 is 4.74 Å². The van der Waals surface area contributed by atoms with Gasteiger partial charge in [0, 0.05) is 4.90 Å². The van der Waals surface area contributed by atoms with Crippen LogP contribution in [0, 0.1) is 0 Å². The Morgan fingerprint density at radius 3 is 1.83 bits per heavy atom. The molecule has 3 aromatic carbocycles. The molecule has 0 N–H and O–H groups in total. The van der Waals surface area contributed by atoms with Gasteiger partial charge >= 0.3 is 5.97 Å². The number of hydrogen-bond donors (Lipinski definition) is 0. The first-order chi connectivity index (χ1) is 20.2. The van der Waals surface area contributed by atoms with E-state index in [0.29, 0.717) is 5.56 Å². The number of benzene rings is 3. The van der Waals surface area contributed by atoms with Gasteiger partial charge in [0.1, 0.15) is 6.10 Å². The van der Waals surface area contributed by atoms with Crippen molar-refractivity contribution >= 4 is 17.7 Å². The quantitative estimate of drug-likeness (QED) is 0.0721. The van der Waals surface area contributed by atoms with Crippen LogP contribution in [-0.2, 0) is 11.2 Å². The molecule has 0 saturated carbocycles. The highest BCUT2D eigenvalue weighted by atomic mass is 32.2. The molecule has 1 atom stereocenters. The largest absolute Gasteiger partial charge is 0.459 e. The Morgan fingerprint density at radius 2 is 1.22 bits per heavy atom. The van der Waals surface area contributed by atoms with Crippen molar-refractivity contribution in [3.05, 3.63) is 90.0 Å². The topological polar surface area (TPSA) is 26.3 Å². The molecule has 0 bridgehead atoms. The number of rotatable bonds is 21. The summed E-state index contributed by atoms with van der Waals surface area (Å²) in [5.41, 5.74) is 4.27. The van der Waals surface area contributed by atoms with E-state index in [2.05, 4.69) is 62.4 Å². The van der Waals surface area contributed by atoms with Crippen molar-refractivity contribution in [3.63, 3.8) is 0 Å². The van der Waals surface area contributed by atoms with E-state index < -0.39 is 0 Å². The van der Waals surface area contributed by atoms with Gasteiger partial charge in [-0.05, 0) is 78.8 Å². The molecule has 1 unspecified atom stereocenters. The first-order valence-electron chi connectivity index (χ1n) is 16.3. The molecular formula is C38H52O2S. The van der Waals surface area contributed by atoms with Gasteiger partial charge in [-0.3, -0.25) is 0 Å². The monoisotopic (exact) mass is 572 g/mol. The molecule has 0 aliphatic heterocycles. The number of hydrogen-bond acceptors (Lipinski definition) is 3. The molecule has 3 rings (SSSR count). The Kier molecular flexibility index (Phi) is 16.4. The number of aryl methyl sites for hydroxylation is 1. The zero-order valence-electron chi connectivity index (χ0n) is 25.6. The first kappa shape index (κ1) is 33.0. The number of esters is 1. The van der Waals surface area contributed by atoms with Crippen molar-refractivity contribution in [2.24, 2.45) is 0 Å². The van der Waals surface area contributed by atoms with Crippen LogP contribution in [0.25, 0.3) is 11.1 Å². The van der Waals surface area contributed by atoms with E-state index in [1.54, 1.807) is 0 Å². The van der Waals surface area contributed by atoms with Gasteiger partial charge in [-0.15, -0.1) is 11.8 Å². The van der Waals surface area contributed by atoms with Crippen molar-refractivity contribution in [2.75, 3.05) is 5.75 Å². The van der Waals surface area contributed by atoms with Gasteiger partial charge in [-0.1, -0.05) is 133 Å². The number of carbonyl (C=O) groups is 1. The summed E-state index contributed by atoms with van der Waals surface area (Å²) in [7, 11) is 0. The van der Waals surface area contributed by atoms with Crippen LogP contribution < -0.4 is 0 Å². The Hall–Kier alpha value is -2.52. The second-order valence-electron chi connectivity index (χ2n) is 11.3. The molecule has 222 valence electrons. The molecule has 0 saturated heterocycles. The molecule has 0 aromatic heterocycles. The van der Waals surface area contributed by atoms with Gasteiger partial charge in [0.25, 0.3) is 0 Å². The Balaban J connectivity index is 1.36. The van der Waals surface area contributed by atoms with Gasteiger partial charge in [-0.2, -0.15) is 0 Å². The maximum atomic E-state index is 12.9. The molecule has 41 heavy (non-hydrogen) atoms. The molecule has 0 aliphatic carbocycles. The van der Waals surface area contributed by atoms with Crippen LogP contribution in [0.4, 0.5) is 0 Å². The van der Waals surface area contributed by atoms with Crippen LogP contribution in [0.1, 0.15) is 120 Å². The summed E-state index contributed by atoms with van der Waals surface area (Å²) in [6.45, 7) is 4.43. The minimum absolute atomic E-state index is 0.0266. The second kappa shape index (κ2) is 20.4. The van der Waals surface area contributed by atoms with Gasteiger partial charge in [0.2, 0.25) is 0 Å². The van der Waals surface area contributed by atoms with Crippen LogP contribution >= 0.6 is 11.8 Å². The van der Waals surface area contributed by atoms with Crippen LogP contribution in [-0.4, -0.2) is 17.8 Å². The fraction of sp³-hybridized carbons (Fsp3) is 0.500. The first-order valence-corrected chi connectivity index (χ1v) is 17.3. The second-order valence-corrected chi connectivity index (χ2v) is 12.5. The molecule has 3 aromatic rings. The van der Waals surface area contributed by atoms with Crippen molar-refractivity contribution in [3.8, 4) is 11.1 Å². The summed E-state index contributed by atoms with van der Waals surface area (Å²) >= 11 is 1.96. The number of carbonyl (C=O) groups excluding carboxylic acids is 1. The fourth-order valence-corrected chi connectivity index (χ4v) is 6.22. The van der Waals surface area contributed by atoms with E-state index >= 15 is 0 Å². The average Bonchev–Trinajstić information content (AvgIpc) is 3.01. The molecule has 0 amide bonds. The minimum Gasteiger partial charge on any atom is -0.459 e. The van der Waals surface area contributed by atoms with E-state index in [1.165, 1.54) is 86.0 Å². The number of thioether (sulfide) groups is 1. The zero-order valence-corrected chi connectivity index (χ0v) is 26.4. The summed E-state index contributed by atoms with van der Waals surface area (Å²) in [5, 5.41) is 0. The van der Waals surface area contributed by atoms with Crippen LogP contribution in [0.3, 0.4) is 0 Å².